The van der Waals surface area contributed by atoms with Crippen LogP contribution in [0.25, 0.3) is 0 Å². The lowest BCUT2D eigenvalue weighted by Gasteiger charge is -2.26. The van der Waals surface area contributed by atoms with Crippen LogP contribution in [0.2, 0.25) is 0 Å². The Bertz CT molecular complexity index is 1040. The molecule has 0 saturated heterocycles. The van der Waals surface area contributed by atoms with Gasteiger partial charge in [-0.3, -0.25) is 0 Å². The van der Waals surface area contributed by atoms with Crippen molar-refractivity contribution in [3.63, 3.8) is 0 Å². The molecule has 0 saturated carbocycles. The van der Waals surface area contributed by atoms with Gasteiger partial charge in [-0.25, -0.2) is 0 Å². The average molecular weight is 499 g/mol. The number of hydrogen-bond donors (Lipinski definition) is 0. The molecule has 2 nitrogen and oxygen atoms in total. The molecule has 33 heavy (non-hydrogen) atoms. The highest BCUT2D eigenvalue weighted by atomic mass is 32.9. The highest BCUT2D eigenvalue weighted by Crippen LogP contribution is 2.60. The summed E-state index contributed by atoms with van der Waals surface area (Å²) in [4.78, 5) is 0. The largest absolute Gasteiger partial charge is 0.428 e. The molecule has 3 rings (SSSR count). The van der Waals surface area contributed by atoms with Gasteiger partial charge in [-0.05, 0) is 81.4 Å². The quantitative estimate of drug-likeness (QED) is 0.288. The molecule has 0 radical (unpaired) electrons. The SMILES string of the molecule is CC(C)(C)c1cccc(OP(=S)(Oc2cccc(C(C)(C)C)c2)SCCc2ccccc2)c1. The van der Waals surface area contributed by atoms with Crippen molar-refractivity contribution >= 4 is 28.9 Å². The van der Waals surface area contributed by atoms with Crippen LogP contribution in [-0.4, -0.2) is 5.75 Å². The summed E-state index contributed by atoms with van der Waals surface area (Å²) in [6.45, 7) is 13.2. The van der Waals surface area contributed by atoms with Gasteiger partial charge in [0, 0.05) is 5.75 Å². The van der Waals surface area contributed by atoms with E-state index < -0.39 is 5.69 Å². The maximum atomic E-state index is 6.47. The van der Waals surface area contributed by atoms with Gasteiger partial charge in [-0.15, -0.1) is 0 Å². The van der Waals surface area contributed by atoms with E-state index in [2.05, 4.69) is 90.1 Å². The maximum absolute atomic E-state index is 6.47. The first-order chi connectivity index (χ1) is 15.4. The highest BCUT2D eigenvalue weighted by molar-refractivity contribution is 8.68. The molecule has 0 unspecified atom stereocenters. The molecule has 0 N–H and O–H groups in total. The Morgan fingerprint density at radius 2 is 1.18 bits per heavy atom. The van der Waals surface area contributed by atoms with Crippen molar-refractivity contribution in [2.45, 2.75) is 58.8 Å². The van der Waals surface area contributed by atoms with E-state index in [-0.39, 0.29) is 10.8 Å². The lowest BCUT2D eigenvalue weighted by Crippen LogP contribution is -2.11. The summed E-state index contributed by atoms with van der Waals surface area (Å²) >= 11 is 7.70. The van der Waals surface area contributed by atoms with Crippen LogP contribution < -0.4 is 9.05 Å². The summed E-state index contributed by atoms with van der Waals surface area (Å²) in [6, 6.07) is 26.9. The molecule has 0 bridgehead atoms. The topological polar surface area (TPSA) is 18.5 Å². The van der Waals surface area contributed by atoms with Gasteiger partial charge < -0.3 is 9.05 Å². The molecule has 0 amide bonds. The maximum Gasteiger partial charge on any atom is 0.348 e. The van der Waals surface area contributed by atoms with Gasteiger partial charge in [0.05, 0.1) is 0 Å². The van der Waals surface area contributed by atoms with Crippen molar-refractivity contribution in [1.29, 1.82) is 0 Å². The third-order valence-electron chi connectivity index (χ3n) is 5.32. The van der Waals surface area contributed by atoms with Gasteiger partial charge in [0.15, 0.2) is 0 Å². The summed E-state index contributed by atoms with van der Waals surface area (Å²) in [6.07, 6.45) is 0.917. The Morgan fingerprint density at radius 1 is 0.697 bits per heavy atom. The molecule has 3 aromatic carbocycles. The minimum Gasteiger partial charge on any atom is -0.428 e. The highest BCUT2D eigenvalue weighted by Gasteiger charge is 2.26. The lowest BCUT2D eigenvalue weighted by molar-refractivity contribution is 0.500. The summed E-state index contributed by atoms with van der Waals surface area (Å²) in [7, 11) is 0. The van der Waals surface area contributed by atoms with Gasteiger partial charge in [0.1, 0.15) is 11.5 Å². The van der Waals surface area contributed by atoms with E-state index in [0.29, 0.717) is 0 Å². The van der Waals surface area contributed by atoms with E-state index in [0.717, 1.165) is 23.7 Å². The van der Waals surface area contributed by atoms with Crippen molar-refractivity contribution in [1.82, 2.24) is 0 Å². The zero-order valence-corrected chi connectivity index (χ0v) is 23.0. The Morgan fingerprint density at radius 3 is 1.64 bits per heavy atom. The Labute approximate surface area is 209 Å². The van der Waals surface area contributed by atoms with Crippen molar-refractivity contribution in [3.05, 3.63) is 95.6 Å². The second kappa shape index (κ2) is 10.7. The predicted molar refractivity (Wildman–Crippen MR) is 148 cm³/mol. The normalized spacial score (nSPS) is 12.4. The van der Waals surface area contributed by atoms with E-state index in [4.69, 9.17) is 20.9 Å². The zero-order valence-electron chi connectivity index (χ0n) is 20.5. The van der Waals surface area contributed by atoms with Gasteiger partial charge in [0.2, 0.25) is 0 Å². The van der Waals surface area contributed by atoms with Crippen LogP contribution in [0.4, 0.5) is 0 Å². The molecule has 3 aromatic rings. The van der Waals surface area contributed by atoms with E-state index >= 15 is 0 Å². The van der Waals surface area contributed by atoms with Gasteiger partial charge in [-0.1, -0.05) is 96.1 Å². The minimum absolute atomic E-state index is 0.0320. The third kappa shape index (κ3) is 7.91. The molecular formula is C28H35O2PS2. The van der Waals surface area contributed by atoms with E-state index in [1.54, 1.807) is 11.4 Å². The average Bonchev–Trinajstić information content (AvgIpc) is 2.73. The van der Waals surface area contributed by atoms with E-state index in [1.807, 2.05) is 30.3 Å². The van der Waals surface area contributed by atoms with Crippen LogP contribution in [0.5, 0.6) is 11.5 Å². The first-order valence-electron chi connectivity index (χ1n) is 11.3. The standard InChI is InChI=1S/C28H35O2PS2/c1-27(2,3)23-14-10-16-25(20-23)29-31(32,33-19-18-22-12-8-7-9-13-22)30-26-17-11-15-24(21-26)28(4,5)6/h7-17,20-21H,18-19H2,1-6H3. The summed E-state index contributed by atoms with van der Waals surface area (Å²) in [5.74, 6) is 2.37. The summed E-state index contributed by atoms with van der Waals surface area (Å²) < 4.78 is 12.9. The Hall–Kier alpha value is -1.74. The molecule has 0 spiro atoms. The smallest absolute Gasteiger partial charge is 0.348 e. The van der Waals surface area contributed by atoms with Crippen LogP contribution in [0, 0.1) is 0 Å². The van der Waals surface area contributed by atoms with Crippen LogP contribution in [0.3, 0.4) is 0 Å². The molecule has 0 heterocycles. The summed E-state index contributed by atoms with van der Waals surface area (Å²) in [5.41, 5.74) is 1.08. The van der Waals surface area contributed by atoms with Crippen LogP contribution in [-0.2, 0) is 29.1 Å². The summed E-state index contributed by atoms with van der Waals surface area (Å²) in [5, 5.41) is 0. The van der Waals surface area contributed by atoms with Crippen molar-refractivity contribution < 1.29 is 9.05 Å². The number of rotatable bonds is 8. The van der Waals surface area contributed by atoms with Gasteiger partial charge in [-0.2, -0.15) is 0 Å². The van der Waals surface area contributed by atoms with Crippen LogP contribution in [0.1, 0.15) is 58.2 Å². The fourth-order valence-corrected chi connectivity index (χ4v) is 7.69. The number of hydrogen-bond acceptors (Lipinski definition) is 4. The predicted octanol–water partition coefficient (Wildman–Crippen LogP) is 8.94. The molecular weight excluding hydrogens is 463 g/mol. The van der Waals surface area contributed by atoms with E-state index in [1.165, 1.54) is 16.7 Å². The molecule has 176 valence electrons. The zero-order chi connectivity index (χ0) is 24.1. The molecule has 0 fully saturated rings. The fraction of sp³-hybridized carbons (Fsp3) is 0.357. The molecule has 5 heteroatoms. The number of aryl methyl sites for hydroxylation is 1. The minimum atomic E-state index is -2.69. The van der Waals surface area contributed by atoms with Gasteiger partial charge in [0.25, 0.3) is 0 Å². The fourth-order valence-electron chi connectivity index (χ4n) is 3.29. The lowest BCUT2D eigenvalue weighted by atomic mass is 9.87. The van der Waals surface area contributed by atoms with Crippen LogP contribution in [0.15, 0.2) is 78.9 Å². The Kier molecular flexibility index (Phi) is 8.37. The van der Waals surface area contributed by atoms with E-state index in [9.17, 15) is 0 Å². The molecule has 0 aliphatic heterocycles. The third-order valence-corrected chi connectivity index (χ3v) is 10.2. The first-order valence-corrected chi connectivity index (χ1v) is 15.6. The molecule has 0 aliphatic rings. The monoisotopic (exact) mass is 498 g/mol. The molecule has 0 aliphatic carbocycles. The van der Waals surface area contributed by atoms with Gasteiger partial charge >= 0.3 is 5.69 Å². The molecule has 0 atom stereocenters. The second-order valence-electron chi connectivity index (χ2n) is 10.3. The Balaban J connectivity index is 1.85. The number of benzene rings is 3. The van der Waals surface area contributed by atoms with Crippen molar-refractivity contribution in [3.8, 4) is 11.5 Å². The van der Waals surface area contributed by atoms with Crippen LogP contribution >= 0.6 is 17.1 Å². The second-order valence-corrected chi connectivity index (χ2v) is 16.5. The first kappa shape index (κ1) is 25.9. The molecule has 0 aromatic heterocycles. The van der Waals surface area contributed by atoms with Crippen molar-refractivity contribution in [2.75, 3.05) is 5.75 Å². The van der Waals surface area contributed by atoms with Crippen molar-refractivity contribution in [2.24, 2.45) is 0 Å².